The second-order valence-electron chi connectivity index (χ2n) is 5.97. The quantitative estimate of drug-likeness (QED) is 0.692. The third-order valence-corrected chi connectivity index (χ3v) is 3.71. The minimum atomic E-state index is 0.303. The van der Waals surface area contributed by atoms with Gasteiger partial charge in [0.05, 0.1) is 6.33 Å². The van der Waals surface area contributed by atoms with Crippen LogP contribution in [0.2, 0.25) is 6.32 Å². The van der Waals surface area contributed by atoms with E-state index in [1.54, 1.807) is 0 Å². The molecule has 0 spiro atoms. The minimum Gasteiger partial charge on any atom is -0.347 e. The SMILES string of the molecule is Cn1cncc1[B]CC(C)(C)C(C)(C)C. The van der Waals surface area contributed by atoms with Gasteiger partial charge in [0.1, 0.15) is 0 Å². The summed E-state index contributed by atoms with van der Waals surface area (Å²) in [6.45, 7) is 11.5. The van der Waals surface area contributed by atoms with Crippen LogP contribution in [0.5, 0.6) is 0 Å². The lowest BCUT2D eigenvalue weighted by Gasteiger charge is -2.39. The Hall–Kier alpha value is -0.725. The lowest BCUT2D eigenvalue weighted by Crippen LogP contribution is -2.34. The molecule has 0 aromatic carbocycles. The molecule has 0 aliphatic rings. The van der Waals surface area contributed by atoms with Crippen molar-refractivity contribution < 1.29 is 0 Å². The Morgan fingerprint density at radius 2 is 1.87 bits per heavy atom. The monoisotopic (exact) mass is 205 g/mol. The van der Waals surface area contributed by atoms with E-state index in [4.69, 9.17) is 0 Å². The summed E-state index contributed by atoms with van der Waals surface area (Å²) in [6.07, 6.45) is 4.84. The number of aromatic nitrogens is 2. The number of hydrogen-bond donors (Lipinski definition) is 0. The lowest BCUT2D eigenvalue weighted by molar-refractivity contribution is 0.157. The van der Waals surface area contributed by atoms with Gasteiger partial charge in [0, 0.05) is 13.2 Å². The van der Waals surface area contributed by atoms with Crippen molar-refractivity contribution in [2.45, 2.75) is 40.9 Å². The molecule has 0 amide bonds. The first-order valence-electron chi connectivity index (χ1n) is 5.53. The maximum Gasteiger partial charge on any atom is 0.177 e. The first kappa shape index (κ1) is 12.3. The van der Waals surface area contributed by atoms with E-state index in [9.17, 15) is 0 Å². The van der Waals surface area contributed by atoms with Gasteiger partial charge in [0.2, 0.25) is 0 Å². The molecule has 0 unspecified atom stereocenters. The highest BCUT2D eigenvalue weighted by molar-refractivity contribution is 6.52. The molecule has 1 aromatic heterocycles. The van der Waals surface area contributed by atoms with E-state index in [0.717, 1.165) is 6.32 Å². The van der Waals surface area contributed by atoms with Crippen LogP contribution >= 0.6 is 0 Å². The normalized spacial score (nSPS) is 12.9. The van der Waals surface area contributed by atoms with Crippen molar-refractivity contribution in [1.29, 1.82) is 0 Å². The van der Waals surface area contributed by atoms with E-state index in [0.29, 0.717) is 10.8 Å². The molecule has 1 heterocycles. The van der Waals surface area contributed by atoms with Crippen molar-refractivity contribution in [2.24, 2.45) is 17.9 Å². The highest BCUT2D eigenvalue weighted by Crippen LogP contribution is 2.40. The Morgan fingerprint density at radius 1 is 1.27 bits per heavy atom. The molecular formula is C12H22BN2. The van der Waals surface area contributed by atoms with Gasteiger partial charge in [0.15, 0.2) is 7.28 Å². The largest absolute Gasteiger partial charge is 0.347 e. The summed E-state index contributed by atoms with van der Waals surface area (Å²) in [5, 5.41) is 0. The zero-order valence-corrected chi connectivity index (χ0v) is 10.8. The fraction of sp³-hybridized carbons (Fsp3) is 0.750. The van der Waals surface area contributed by atoms with Crippen LogP contribution in [-0.4, -0.2) is 16.8 Å². The molecular weight excluding hydrogens is 183 g/mol. The molecule has 0 N–H and O–H groups in total. The molecule has 0 bridgehead atoms. The van der Waals surface area contributed by atoms with Crippen LogP contribution in [-0.2, 0) is 7.05 Å². The summed E-state index contributed by atoms with van der Waals surface area (Å²) in [5.41, 5.74) is 1.83. The number of aryl methyl sites for hydroxylation is 1. The summed E-state index contributed by atoms with van der Waals surface area (Å²) < 4.78 is 2.05. The van der Waals surface area contributed by atoms with Gasteiger partial charge >= 0.3 is 0 Å². The molecule has 3 heteroatoms. The summed E-state index contributed by atoms with van der Waals surface area (Å²) in [5.74, 6) is 0. The minimum absolute atomic E-state index is 0.303. The fourth-order valence-corrected chi connectivity index (χ4v) is 1.23. The molecule has 15 heavy (non-hydrogen) atoms. The smallest absolute Gasteiger partial charge is 0.177 e. The highest BCUT2D eigenvalue weighted by atomic mass is 15.0. The lowest BCUT2D eigenvalue weighted by atomic mass is 9.55. The van der Waals surface area contributed by atoms with Gasteiger partial charge in [-0.2, -0.15) is 0 Å². The summed E-state index contributed by atoms with van der Waals surface area (Å²) in [7, 11) is 4.31. The molecule has 0 atom stereocenters. The van der Waals surface area contributed by atoms with E-state index < -0.39 is 0 Å². The van der Waals surface area contributed by atoms with Gasteiger partial charge in [-0.25, -0.2) is 4.98 Å². The van der Waals surface area contributed by atoms with Crippen LogP contribution < -0.4 is 5.59 Å². The molecule has 83 valence electrons. The zero-order valence-electron chi connectivity index (χ0n) is 10.8. The molecule has 2 nitrogen and oxygen atoms in total. The number of nitrogens with zero attached hydrogens (tertiary/aromatic N) is 2. The second-order valence-corrected chi connectivity index (χ2v) is 5.97. The molecule has 1 aromatic rings. The highest BCUT2D eigenvalue weighted by Gasteiger charge is 2.32. The molecule has 1 radical (unpaired) electrons. The summed E-state index contributed by atoms with van der Waals surface area (Å²) in [4.78, 5) is 4.12. The van der Waals surface area contributed by atoms with Crippen molar-refractivity contribution >= 4 is 12.9 Å². The van der Waals surface area contributed by atoms with Crippen LogP contribution in [0.25, 0.3) is 0 Å². The molecule has 0 saturated heterocycles. The Morgan fingerprint density at radius 3 is 2.27 bits per heavy atom. The van der Waals surface area contributed by atoms with Crippen LogP contribution in [0.15, 0.2) is 12.5 Å². The predicted octanol–water partition coefficient (Wildman–Crippen LogP) is 2.24. The second kappa shape index (κ2) is 4.03. The molecule has 0 aliphatic carbocycles. The average Bonchev–Trinajstić information content (AvgIpc) is 2.46. The zero-order chi connectivity index (χ0) is 11.7. The maximum absolute atomic E-state index is 4.12. The van der Waals surface area contributed by atoms with E-state index in [1.165, 1.54) is 5.59 Å². The van der Waals surface area contributed by atoms with Crippen LogP contribution in [0.3, 0.4) is 0 Å². The Kier molecular flexibility index (Phi) is 3.32. The van der Waals surface area contributed by atoms with Gasteiger partial charge in [-0.3, -0.25) is 0 Å². The van der Waals surface area contributed by atoms with E-state index in [2.05, 4.69) is 51.4 Å². The molecule has 0 fully saturated rings. The van der Waals surface area contributed by atoms with Crippen molar-refractivity contribution in [3.05, 3.63) is 12.5 Å². The molecule has 0 saturated carbocycles. The van der Waals surface area contributed by atoms with Gasteiger partial charge < -0.3 is 4.57 Å². The van der Waals surface area contributed by atoms with Crippen molar-refractivity contribution in [3.8, 4) is 0 Å². The topological polar surface area (TPSA) is 17.8 Å². The maximum atomic E-state index is 4.12. The number of rotatable bonds is 3. The van der Waals surface area contributed by atoms with Crippen LogP contribution in [0.1, 0.15) is 34.6 Å². The van der Waals surface area contributed by atoms with Crippen molar-refractivity contribution in [3.63, 3.8) is 0 Å². The number of hydrogen-bond acceptors (Lipinski definition) is 1. The van der Waals surface area contributed by atoms with E-state index >= 15 is 0 Å². The van der Waals surface area contributed by atoms with E-state index in [-0.39, 0.29) is 0 Å². The fourth-order valence-electron chi connectivity index (χ4n) is 1.23. The summed E-state index contributed by atoms with van der Waals surface area (Å²) in [6, 6.07) is 0. The predicted molar refractivity (Wildman–Crippen MR) is 66.6 cm³/mol. The Bertz CT molecular complexity index is 321. The standard InChI is InChI=1S/C12H22BN2/c1-11(2,3)12(4,5)8-13-10-7-14-9-15(10)6/h7,9H,8H2,1-6H3. The summed E-state index contributed by atoms with van der Waals surface area (Å²) >= 11 is 0. The van der Waals surface area contributed by atoms with Gasteiger partial charge in [-0.05, 0) is 16.4 Å². The first-order valence-corrected chi connectivity index (χ1v) is 5.53. The third-order valence-electron chi connectivity index (χ3n) is 3.71. The molecule has 1 rings (SSSR count). The van der Waals surface area contributed by atoms with Gasteiger partial charge in [-0.15, -0.1) is 0 Å². The van der Waals surface area contributed by atoms with Crippen LogP contribution in [0.4, 0.5) is 0 Å². The van der Waals surface area contributed by atoms with Gasteiger partial charge in [0.25, 0.3) is 0 Å². The molecule has 0 aliphatic heterocycles. The third kappa shape index (κ3) is 2.86. The number of imidazole rings is 1. The van der Waals surface area contributed by atoms with Gasteiger partial charge in [-0.1, -0.05) is 40.9 Å². The van der Waals surface area contributed by atoms with Crippen LogP contribution in [0, 0.1) is 10.8 Å². The average molecular weight is 205 g/mol. The van der Waals surface area contributed by atoms with E-state index in [1.807, 2.05) is 19.6 Å². The first-order chi connectivity index (χ1) is 6.74. The van der Waals surface area contributed by atoms with Crippen molar-refractivity contribution in [1.82, 2.24) is 9.55 Å². The van der Waals surface area contributed by atoms with Crippen molar-refractivity contribution in [2.75, 3.05) is 0 Å². The Labute approximate surface area is 94.3 Å². The Balaban J connectivity index is 2.61.